The Morgan fingerprint density at radius 1 is 1.07 bits per heavy atom. The van der Waals surface area contributed by atoms with Gasteiger partial charge in [0.2, 0.25) is 9.84 Å². The first-order valence-corrected chi connectivity index (χ1v) is 11.2. The molecule has 0 aliphatic heterocycles. The van der Waals surface area contributed by atoms with E-state index >= 15 is 0 Å². The summed E-state index contributed by atoms with van der Waals surface area (Å²) < 4.78 is 38.9. The lowest BCUT2D eigenvalue weighted by Crippen LogP contribution is -2.16. The van der Waals surface area contributed by atoms with E-state index in [1.165, 1.54) is 23.0 Å². The normalized spacial score (nSPS) is 11.6. The van der Waals surface area contributed by atoms with Gasteiger partial charge in [-0.1, -0.05) is 11.6 Å². The van der Waals surface area contributed by atoms with Crippen molar-refractivity contribution in [1.29, 1.82) is 0 Å². The van der Waals surface area contributed by atoms with Crippen LogP contribution in [-0.2, 0) is 9.84 Å². The summed E-state index contributed by atoms with van der Waals surface area (Å²) in [6.07, 6.45) is 2.20. The Hall–Kier alpha value is -2.55. The lowest BCUT2D eigenvalue weighted by molar-refractivity contribution is 0.266. The highest BCUT2D eigenvalue weighted by Crippen LogP contribution is 2.30. The monoisotopic (exact) mass is 449 g/mol. The van der Waals surface area contributed by atoms with Crippen molar-refractivity contribution in [2.75, 3.05) is 34.4 Å². The van der Waals surface area contributed by atoms with Crippen LogP contribution in [0.2, 0.25) is 5.02 Å². The minimum Gasteiger partial charge on any atom is -0.497 e. The molecule has 3 rings (SSSR count). The second kappa shape index (κ2) is 9.51. The van der Waals surface area contributed by atoms with E-state index in [2.05, 4.69) is 5.10 Å². The van der Waals surface area contributed by atoms with Gasteiger partial charge in [0.25, 0.3) is 5.88 Å². The van der Waals surface area contributed by atoms with Crippen LogP contribution in [0.1, 0.15) is 6.42 Å². The summed E-state index contributed by atoms with van der Waals surface area (Å²) in [5.74, 6) is 0.764. The molecule has 0 amide bonds. The Bertz CT molecular complexity index is 1080. The molecule has 9 heteroatoms. The SMILES string of the molecule is COc1ccc(-n2cc(S(=O)(=O)c3ccc(Cl)cc3)c(OCCCN(C)C)n2)cc1. The van der Waals surface area contributed by atoms with Crippen LogP contribution >= 0.6 is 11.6 Å². The second-order valence-electron chi connectivity index (χ2n) is 6.90. The van der Waals surface area contributed by atoms with Crippen molar-refractivity contribution in [2.45, 2.75) is 16.2 Å². The molecular formula is C21H24ClN3O4S. The molecule has 160 valence electrons. The van der Waals surface area contributed by atoms with Crippen molar-refractivity contribution >= 4 is 21.4 Å². The standard InChI is InChI=1S/C21H24ClN3O4S/c1-24(2)13-4-14-29-21-20(30(26,27)19-11-5-16(22)6-12-19)15-25(23-21)17-7-9-18(28-3)10-8-17/h5-12,15H,4,13-14H2,1-3H3. The van der Waals surface area contributed by atoms with Gasteiger partial charge in [-0.25, -0.2) is 13.1 Å². The predicted octanol–water partition coefficient (Wildman–Crippen LogP) is 3.70. The van der Waals surface area contributed by atoms with Crippen molar-refractivity contribution in [1.82, 2.24) is 14.7 Å². The molecule has 1 aromatic heterocycles. The summed E-state index contributed by atoms with van der Waals surface area (Å²) in [5, 5.41) is 4.86. The zero-order valence-electron chi connectivity index (χ0n) is 17.1. The summed E-state index contributed by atoms with van der Waals surface area (Å²) in [4.78, 5) is 2.16. The fraction of sp³-hybridized carbons (Fsp3) is 0.286. The van der Waals surface area contributed by atoms with Crippen molar-refractivity contribution in [2.24, 2.45) is 0 Å². The van der Waals surface area contributed by atoms with E-state index in [9.17, 15) is 8.42 Å². The lowest BCUT2D eigenvalue weighted by atomic mass is 10.3. The van der Waals surface area contributed by atoms with E-state index in [-0.39, 0.29) is 15.7 Å². The Morgan fingerprint density at radius 3 is 2.33 bits per heavy atom. The largest absolute Gasteiger partial charge is 0.497 e. The van der Waals surface area contributed by atoms with Gasteiger partial charge in [0.15, 0.2) is 4.90 Å². The molecule has 0 spiro atoms. The molecule has 0 bridgehead atoms. The molecule has 0 N–H and O–H groups in total. The van der Waals surface area contributed by atoms with Crippen LogP contribution in [0.15, 0.2) is 64.5 Å². The van der Waals surface area contributed by atoms with Gasteiger partial charge in [-0.05, 0) is 69.0 Å². The highest BCUT2D eigenvalue weighted by Gasteiger charge is 2.26. The zero-order valence-corrected chi connectivity index (χ0v) is 18.7. The Balaban J connectivity index is 1.97. The summed E-state index contributed by atoms with van der Waals surface area (Å²) >= 11 is 5.91. The lowest BCUT2D eigenvalue weighted by Gasteiger charge is -2.10. The average molecular weight is 450 g/mol. The third-order valence-corrected chi connectivity index (χ3v) is 6.39. The Morgan fingerprint density at radius 2 is 1.73 bits per heavy atom. The van der Waals surface area contributed by atoms with Gasteiger partial charge in [-0.15, -0.1) is 5.10 Å². The van der Waals surface area contributed by atoms with E-state index in [0.717, 1.165) is 13.0 Å². The zero-order chi connectivity index (χ0) is 21.7. The van der Waals surface area contributed by atoms with E-state index in [1.807, 2.05) is 19.0 Å². The molecule has 7 nitrogen and oxygen atoms in total. The fourth-order valence-electron chi connectivity index (χ4n) is 2.78. The number of aromatic nitrogens is 2. The third kappa shape index (κ3) is 5.13. The van der Waals surface area contributed by atoms with Gasteiger partial charge in [-0.2, -0.15) is 0 Å². The number of ether oxygens (including phenoxy) is 2. The van der Waals surface area contributed by atoms with Gasteiger partial charge < -0.3 is 14.4 Å². The van der Waals surface area contributed by atoms with Gasteiger partial charge in [-0.3, -0.25) is 0 Å². The van der Waals surface area contributed by atoms with Crippen LogP contribution in [0.3, 0.4) is 0 Å². The molecule has 0 atom stereocenters. The number of rotatable bonds is 9. The van der Waals surface area contributed by atoms with Crippen LogP contribution in [0.25, 0.3) is 5.69 Å². The predicted molar refractivity (Wildman–Crippen MR) is 116 cm³/mol. The molecule has 0 unspecified atom stereocenters. The molecule has 1 heterocycles. The number of nitrogens with zero attached hydrogens (tertiary/aromatic N) is 3. The maximum Gasteiger partial charge on any atom is 0.252 e. The smallest absolute Gasteiger partial charge is 0.252 e. The van der Waals surface area contributed by atoms with Crippen LogP contribution in [0, 0.1) is 0 Å². The summed E-state index contributed by atoms with van der Waals surface area (Å²) in [6, 6.07) is 13.2. The van der Waals surface area contributed by atoms with Crippen LogP contribution in [0.4, 0.5) is 0 Å². The number of methoxy groups -OCH3 is 1. The number of hydrogen-bond donors (Lipinski definition) is 0. The molecule has 3 aromatic rings. The third-order valence-electron chi connectivity index (χ3n) is 4.39. The maximum atomic E-state index is 13.2. The minimum absolute atomic E-state index is 0.00509. The van der Waals surface area contributed by atoms with Crippen molar-refractivity contribution in [3.63, 3.8) is 0 Å². The number of sulfone groups is 1. The van der Waals surface area contributed by atoms with Gasteiger partial charge in [0.1, 0.15) is 5.75 Å². The average Bonchev–Trinajstić information content (AvgIpc) is 3.16. The maximum absolute atomic E-state index is 13.2. The molecule has 0 radical (unpaired) electrons. The molecule has 0 aliphatic carbocycles. The first-order chi connectivity index (χ1) is 14.3. The fourth-order valence-corrected chi connectivity index (χ4v) is 4.23. The molecule has 30 heavy (non-hydrogen) atoms. The first kappa shape index (κ1) is 22.1. The molecule has 0 aliphatic rings. The number of benzene rings is 2. The summed E-state index contributed by atoms with van der Waals surface area (Å²) in [6.45, 7) is 1.17. The van der Waals surface area contributed by atoms with Gasteiger partial charge >= 0.3 is 0 Å². The van der Waals surface area contributed by atoms with E-state index in [4.69, 9.17) is 21.1 Å². The molecule has 0 saturated carbocycles. The molecule has 0 fully saturated rings. The topological polar surface area (TPSA) is 73.7 Å². The highest BCUT2D eigenvalue weighted by molar-refractivity contribution is 7.91. The van der Waals surface area contributed by atoms with Crippen molar-refractivity contribution < 1.29 is 17.9 Å². The van der Waals surface area contributed by atoms with Crippen molar-refractivity contribution in [3.05, 3.63) is 59.8 Å². The second-order valence-corrected chi connectivity index (χ2v) is 9.26. The summed E-state index contributed by atoms with van der Waals surface area (Å²) in [5.41, 5.74) is 0.687. The van der Waals surface area contributed by atoms with E-state index in [1.54, 1.807) is 43.5 Å². The minimum atomic E-state index is -3.84. The first-order valence-electron chi connectivity index (χ1n) is 9.33. The summed E-state index contributed by atoms with van der Waals surface area (Å²) in [7, 11) is 1.67. The quantitative estimate of drug-likeness (QED) is 0.464. The Labute approximate surface area is 181 Å². The highest BCUT2D eigenvalue weighted by atomic mass is 35.5. The van der Waals surface area contributed by atoms with Crippen LogP contribution < -0.4 is 9.47 Å². The van der Waals surface area contributed by atoms with Crippen LogP contribution in [0.5, 0.6) is 11.6 Å². The number of hydrogen-bond acceptors (Lipinski definition) is 6. The van der Waals surface area contributed by atoms with E-state index in [0.29, 0.717) is 23.1 Å². The molecule has 2 aromatic carbocycles. The van der Waals surface area contributed by atoms with Gasteiger partial charge in [0, 0.05) is 11.6 Å². The molecular weight excluding hydrogens is 426 g/mol. The Kier molecular flexibility index (Phi) is 7.02. The molecule has 0 saturated heterocycles. The van der Waals surface area contributed by atoms with Crippen molar-refractivity contribution in [3.8, 4) is 17.3 Å². The van der Waals surface area contributed by atoms with Crippen LogP contribution in [-0.4, -0.2) is 57.5 Å². The number of halogens is 1. The van der Waals surface area contributed by atoms with Gasteiger partial charge in [0.05, 0.1) is 30.5 Å². The van der Waals surface area contributed by atoms with E-state index < -0.39 is 9.84 Å².